The van der Waals surface area contributed by atoms with E-state index in [-0.39, 0.29) is 5.41 Å². The summed E-state index contributed by atoms with van der Waals surface area (Å²) in [5.41, 5.74) is 6.72. The molecular formula is C9H15N3. The maximum atomic E-state index is 5.46. The molecule has 0 spiro atoms. The summed E-state index contributed by atoms with van der Waals surface area (Å²) in [6.07, 6.45) is 2.63. The van der Waals surface area contributed by atoms with Crippen molar-refractivity contribution >= 4 is 5.95 Å². The number of anilines is 1. The minimum Gasteiger partial charge on any atom is -0.368 e. The SMILES string of the molecule is CC(C)(C)Cc1ccnc(N)n1. The Morgan fingerprint density at radius 3 is 2.58 bits per heavy atom. The maximum absolute atomic E-state index is 5.46. The Balaban J connectivity index is 2.77. The van der Waals surface area contributed by atoms with Gasteiger partial charge in [0.2, 0.25) is 5.95 Å². The van der Waals surface area contributed by atoms with Gasteiger partial charge in [-0.05, 0) is 17.9 Å². The monoisotopic (exact) mass is 165 g/mol. The zero-order valence-electron chi connectivity index (χ0n) is 7.83. The average Bonchev–Trinajstić information content (AvgIpc) is 1.82. The van der Waals surface area contributed by atoms with E-state index >= 15 is 0 Å². The van der Waals surface area contributed by atoms with Gasteiger partial charge < -0.3 is 5.73 Å². The lowest BCUT2D eigenvalue weighted by molar-refractivity contribution is 0.406. The smallest absolute Gasteiger partial charge is 0.220 e. The van der Waals surface area contributed by atoms with E-state index in [1.807, 2.05) is 6.07 Å². The molecule has 0 aromatic carbocycles. The molecule has 3 nitrogen and oxygen atoms in total. The van der Waals surface area contributed by atoms with Crippen LogP contribution in [0.3, 0.4) is 0 Å². The Kier molecular flexibility index (Phi) is 2.31. The number of aromatic nitrogens is 2. The number of nitrogens with zero attached hydrogens (tertiary/aromatic N) is 2. The second-order valence-electron chi connectivity index (χ2n) is 4.14. The van der Waals surface area contributed by atoms with Crippen LogP contribution in [0.4, 0.5) is 5.95 Å². The van der Waals surface area contributed by atoms with Crippen LogP contribution in [0, 0.1) is 5.41 Å². The van der Waals surface area contributed by atoms with E-state index < -0.39 is 0 Å². The van der Waals surface area contributed by atoms with E-state index in [1.54, 1.807) is 6.20 Å². The first-order chi connectivity index (χ1) is 5.47. The lowest BCUT2D eigenvalue weighted by Gasteiger charge is -2.16. The third kappa shape index (κ3) is 2.86. The largest absolute Gasteiger partial charge is 0.368 e. The van der Waals surface area contributed by atoms with Crippen molar-refractivity contribution in [2.45, 2.75) is 27.2 Å². The number of rotatable bonds is 1. The van der Waals surface area contributed by atoms with Gasteiger partial charge in [-0.2, -0.15) is 0 Å². The third-order valence-corrected chi connectivity index (χ3v) is 1.44. The Morgan fingerprint density at radius 2 is 2.08 bits per heavy atom. The fraction of sp³-hybridized carbons (Fsp3) is 0.556. The normalized spacial score (nSPS) is 11.6. The Bertz CT molecular complexity index is 263. The van der Waals surface area contributed by atoms with Crippen LogP contribution >= 0.6 is 0 Å². The Hall–Kier alpha value is -1.12. The molecule has 2 N–H and O–H groups in total. The molecule has 0 aliphatic heterocycles. The van der Waals surface area contributed by atoms with Crippen molar-refractivity contribution in [3.05, 3.63) is 18.0 Å². The zero-order valence-corrected chi connectivity index (χ0v) is 7.83. The van der Waals surface area contributed by atoms with Crippen LogP contribution in [0.5, 0.6) is 0 Å². The third-order valence-electron chi connectivity index (χ3n) is 1.44. The molecule has 3 heteroatoms. The minimum absolute atomic E-state index is 0.251. The summed E-state index contributed by atoms with van der Waals surface area (Å²) in [4.78, 5) is 7.96. The van der Waals surface area contributed by atoms with Crippen LogP contribution in [0.2, 0.25) is 0 Å². The van der Waals surface area contributed by atoms with Crippen LogP contribution in [0.1, 0.15) is 26.5 Å². The molecule has 0 bridgehead atoms. The van der Waals surface area contributed by atoms with E-state index in [0.29, 0.717) is 5.95 Å². The van der Waals surface area contributed by atoms with Crippen molar-refractivity contribution in [2.75, 3.05) is 5.73 Å². The van der Waals surface area contributed by atoms with Crippen LogP contribution in [0.15, 0.2) is 12.3 Å². The van der Waals surface area contributed by atoms with Gasteiger partial charge in [0.05, 0.1) is 0 Å². The fourth-order valence-electron chi connectivity index (χ4n) is 1.05. The van der Waals surface area contributed by atoms with Gasteiger partial charge in [-0.15, -0.1) is 0 Å². The summed E-state index contributed by atoms with van der Waals surface area (Å²) < 4.78 is 0. The van der Waals surface area contributed by atoms with Crippen molar-refractivity contribution in [3.8, 4) is 0 Å². The quantitative estimate of drug-likeness (QED) is 0.688. The molecule has 0 aliphatic carbocycles. The van der Waals surface area contributed by atoms with E-state index in [2.05, 4.69) is 30.7 Å². The van der Waals surface area contributed by atoms with E-state index in [0.717, 1.165) is 12.1 Å². The minimum atomic E-state index is 0.251. The highest BCUT2D eigenvalue weighted by molar-refractivity contribution is 5.17. The lowest BCUT2D eigenvalue weighted by Crippen LogP contribution is -2.11. The van der Waals surface area contributed by atoms with Crippen molar-refractivity contribution in [1.29, 1.82) is 0 Å². The Morgan fingerprint density at radius 1 is 1.42 bits per heavy atom. The van der Waals surface area contributed by atoms with Gasteiger partial charge in [0.25, 0.3) is 0 Å². The average molecular weight is 165 g/mol. The Labute approximate surface area is 73.0 Å². The first-order valence-corrected chi connectivity index (χ1v) is 4.05. The molecule has 0 fully saturated rings. The van der Waals surface area contributed by atoms with Gasteiger partial charge in [0.1, 0.15) is 0 Å². The lowest BCUT2D eigenvalue weighted by atomic mass is 9.90. The van der Waals surface area contributed by atoms with Crippen LogP contribution in [-0.4, -0.2) is 9.97 Å². The van der Waals surface area contributed by atoms with E-state index in [4.69, 9.17) is 5.73 Å². The second-order valence-corrected chi connectivity index (χ2v) is 4.14. The summed E-state index contributed by atoms with van der Waals surface area (Å²) >= 11 is 0. The fourth-order valence-corrected chi connectivity index (χ4v) is 1.05. The maximum Gasteiger partial charge on any atom is 0.220 e. The second kappa shape index (κ2) is 3.09. The predicted molar refractivity (Wildman–Crippen MR) is 49.6 cm³/mol. The first kappa shape index (κ1) is 8.97. The summed E-state index contributed by atoms with van der Waals surface area (Å²) in [7, 11) is 0. The highest BCUT2D eigenvalue weighted by Gasteiger charge is 2.11. The van der Waals surface area contributed by atoms with Crippen LogP contribution < -0.4 is 5.73 Å². The number of hydrogen-bond donors (Lipinski definition) is 1. The molecule has 0 amide bonds. The van der Waals surface area contributed by atoms with Gasteiger partial charge >= 0.3 is 0 Å². The molecular weight excluding hydrogens is 150 g/mol. The summed E-state index contributed by atoms with van der Waals surface area (Å²) in [6, 6.07) is 1.90. The highest BCUT2D eigenvalue weighted by atomic mass is 15.0. The number of hydrogen-bond acceptors (Lipinski definition) is 3. The van der Waals surface area contributed by atoms with Crippen molar-refractivity contribution in [2.24, 2.45) is 5.41 Å². The summed E-state index contributed by atoms with van der Waals surface area (Å²) in [5, 5.41) is 0. The highest BCUT2D eigenvalue weighted by Crippen LogP contribution is 2.18. The molecule has 0 atom stereocenters. The van der Waals surface area contributed by atoms with E-state index in [9.17, 15) is 0 Å². The standard InChI is InChI=1S/C9H15N3/c1-9(2,3)6-7-4-5-11-8(10)12-7/h4-5H,6H2,1-3H3,(H2,10,11,12). The molecule has 0 saturated carbocycles. The topological polar surface area (TPSA) is 51.8 Å². The van der Waals surface area contributed by atoms with Crippen LogP contribution in [0.25, 0.3) is 0 Å². The van der Waals surface area contributed by atoms with Gasteiger partial charge in [-0.1, -0.05) is 20.8 Å². The molecule has 1 aromatic heterocycles. The summed E-state index contributed by atoms with van der Waals surface area (Å²) in [5.74, 6) is 0.358. The molecule has 66 valence electrons. The van der Waals surface area contributed by atoms with E-state index in [1.165, 1.54) is 0 Å². The number of nitrogens with two attached hydrogens (primary N) is 1. The molecule has 1 rings (SSSR count). The molecule has 0 unspecified atom stereocenters. The molecule has 12 heavy (non-hydrogen) atoms. The first-order valence-electron chi connectivity index (χ1n) is 4.05. The zero-order chi connectivity index (χ0) is 9.19. The number of nitrogen functional groups attached to an aromatic ring is 1. The van der Waals surface area contributed by atoms with Gasteiger partial charge in [0, 0.05) is 11.9 Å². The molecule has 1 aromatic rings. The molecule has 0 radical (unpaired) electrons. The molecule has 0 saturated heterocycles. The van der Waals surface area contributed by atoms with Crippen molar-refractivity contribution < 1.29 is 0 Å². The van der Waals surface area contributed by atoms with Crippen molar-refractivity contribution in [1.82, 2.24) is 9.97 Å². The molecule has 0 aliphatic rings. The van der Waals surface area contributed by atoms with Crippen LogP contribution in [-0.2, 0) is 6.42 Å². The van der Waals surface area contributed by atoms with Gasteiger partial charge in [-0.25, -0.2) is 9.97 Å². The molecule has 1 heterocycles. The summed E-state index contributed by atoms with van der Waals surface area (Å²) in [6.45, 7) is 6.52. The van der Waals surface area contributed by atoms with Gasteiger partial charge in [0.15, 0.2) is 0 Å². The van der Waals surface area contributed by atoms with Gasteiger partial charge in [-0.3, -0.25) is 0 Å². The van der Waals surface area contributed by atoms with Crippen molar-refractivity contribution in [3.63, 3.8) is 0 Å². The predicted octanol–water partition coefficient (Wildman–Crippen LogP) is 1.65.